The molecule has 2 aromatic heterocycles. The third-order valence-electron chi connectivity index (χ3n) is 2.24. The summed E-state index contributed by atoms with van der Waals surface area (Å²) >= 11 is 9.30. The van der Waals surface area contributed by atoms with Gasteiger partial charge in [0.2, 0.25) is 0 Å². The molecule has 0 radical (unpaired) electrons. The Kier molecular flexibility index (Phi) is 2.96. The van der Waals surface area contributed by atoms with Crippen molar-refractivity contribution >= 4 is 49.6 Å². The van der Waals surface area contributed by atoms with E-state index in [-0.39, 0.29) is 0 Å². The summed E-state index contributed by atoms with van der Waals surface area (Å²) in [6, 6.07) is 5.76. The van der Waals surface area contributed by atoms with Gasteiger partial charge in [-0.05, 0) is 12.1 Å². The number of hydrogen-bond acceptors (Lipinski definition) is 5. The lowest BCUT2D eigenvalue weighted by Gasteiger charge is -1.96. The Morgan fingerprint density at radius 2 is 2.29 bits per heavy atom. The highest BCUT2D eigenvalue weighted by Gasteiger charge is 2.06. The molecule has 0 atom stereocenters. The van der Waals surface area contributed by atoms with Crippen LogP contribution >= 0.6 is 34.3 Å². The van der Waals surface area contributed by atoms with Crippen LogP contribution in [-0.2, 0) is 6.54 Å². The first-order valence-corrected chi connectivity index (χ1v) is 7.07. The van der Waals surface area contributed by atoms with Crippen LogP contribution in [0.4, 0.5) is 5.13 Å². The number of fused-ring (bicyclic) bond motifs is 1. The third-order valence-corrected chi connectivity index (χ3v) is 4.51. The maximum absolute atomic E-state index is 6.10. The van der Waals surface area contributed by atoms with Gasteiger partial charge in [0.05, 0.1) is 21.8 Å². The van der Waals surface area contributed by atoms with E-state index in [1.807, 2.05) is 23.6 Å². The summed E-state index contributed by atoms with van der Waals surface area (Å²) in [5.41, 5.74) is 0.934. The second-order valence-corrected chi connectivity index (χ2v) is 5.77. The fraction of sp³-hybridized carbons (Fsp3) is 0.0909. The van der Waals surface area contributed by atoms with E-state index in [1.165, 1.54) is 0 Å². The average molecular weight is 282 g/mol. The van der Waals surface area contributed by atoms with E-state index in [4.69, 9.17) is 11.6 Å². The average Bonchev–Trinajstić information content (AvgIpc) is 2.95. The molecule has 6 heteroatoms. The molecule has 0 aliphatic carbocycles. The molecule has 0 bridgehead atoms. The highest BCUT2D eigenvalue weighted by molar-refractivity contribution is 7.22. The van der Waals surface area contributed by atoms with Gasteiger partial charge in [-0.25, -0.2) is 9.97 Å². The molecule has 2 heterocycles. The minimum absolute atomic E-state index is 0.703. The Labute approximate surface area is 111 Å². The van der Waals surface area contributed by atoms with Crippen molar-refractivity contribution in [3.05, 3.63) is 39.8 Å². The molecule has 3 nitrogen and oxygen atoms in total. The second kappa shape index (κ2) is 4.60. The SMILES string of the molecule is Clc1cccc2nc(NCc3nccs3)sc12. The zero-order valence-corrected chi connectivity index (χ0v) is 11.1. The van der Waals surface area contributed by atoms with Crippen LogP contribution in [0.3, 0.4) is 0 Å². The minimum Gasteiger partial charge on any atom is -0.355 e. The van der Waals surface area contributed by atoms with E-state index < -0.39 is 0 Å². The number of thiazole rings is 2. The molecule has 1 aromatic carbocycles. The third kappa shape index (κ3) is 2.26. The van der Waals surface area contributed by atoms with Crippen LogP contribution in [0, 0.1) is 0 Å². The molecule has 86 valence electrons. The minimum atomic E-state index is 0.703. The first-order valence-electron chi connectivity index (χ1n) is 5.00. The maximum Gasteiger partial charge on any atom is 0.184 e. The predicted molar refractivity (Wildman–Crippen MR) is 74.1 cm³/mol. The number of benzene rings is 1. The van der Waals surface area contributed by atoms with Crippen molar-refractivity contribution in [1.29, 1.82) is 0 Å². The van der Waals surface area contributed by atoms with Crippen LogP contribution < -0.4 is 5.32 Å². The highest BCUT2D eigenvalue weighted by Crippen LogP contribution is 2.31. The van der Waals surface area contributed by atoms with Crippen molar-refractivity contribution in [2.45, 2.75) is 6.54 Å². The number of nitrogens with zero attached hydrogens (tertiary/aromatic N) is 2. The van der Waals surface area contributed by atoms with E-state index in [1.54, 1.807) is 28.9 Å². The van der Waals surface area contributed by atoms with Gasteiger partial charge in [0, 0.05) is 11.6 Å². The van der Waals surface area contributed by atoms with Crippen molar-refractivity contribution in [3.8, 4) is 0 Å². The summed E-state index contributed by atoms with van der Waals surface area (Å²) in [5, 5.41) is 7.91. The van der Waals surface area contributed by atoms with Crippen LogP contribution in [0.25, 0.3) is 10.2 Å². The number of hydrogen-bond donors (Lipinski definition) is 1. The van der Waals surface area contributed by atoms with Gasteiger partial charge in [0.25, 0.3) is 0 Å². The van der Waals surface area contributed by atoms with Crippen LogP contribution in [0.1, 0.15) is 5.01 Å². The number of nitrogens with one attached hydrogen (secondary N) is 1. The van der Waals surface area contributed by atoms with Crippen LogP contribution in [0.2, 0.25) is 5.02 Å². The summed E-state index contributed by atoms with van der Waals surface area (Å²) in [5.74, 6) is 0. The zero-order chi connectivity index (χ0) is 11.7. The Bertz CT molecular complexity index is 633. The van der Waals surface area contributed by atoms with Crippen molar-refractivity contribution in [1.82, 2.24) is 9.97 Å². The molecule has 0 aliphatic heterocycles. The van der Waals surface area contributed by atoms with Gasteiger partial charge in [-0.15, -0.1) is 11.3 Å². The predicted octanol–water partition coefficient (Wildman–Crippen LogP) is 4.02. The molecular weight excluding hydrogens is 274 g/mol. The van der Waals surface area contributed by atoms with Gasteiger partial charge in [0.1, 0.15) is 5.01 Å². The summed E-state index contributed by atoms with van der Waals surface area (Å²) < 4.78 is 1.02. The van der Waals surface area contributed by atoms with Crippen molar-refractivity contribution in [2.24, 2.45) is 0 Å². The molecule has 0 saturated carbocycles. The van der Waals surface area contributed by atoms with Gasteiger partial charge in [-0.2, -0.15) is 0 Å². The standard InChI is InChI=1S/C11H8ClN3S2/c12-7-2-1-3-8-10(7)17-11(15-8)14-6-9-13-4-5-16-9/h1-5H,6H2,(H,14,15). The Morgan fingerprint density at radius 3 is 3.06 bits per heavy atom. The monoisotopic (exact) mass is 281 g/mol. The van der Waals surface area contributed by atoms with E-state index in [0.29, 0.717) is 6.54 Å². The number of rotatable bonds is 3. The molecular formula is C11H8ClN3S2. The fourth-order valence-electron chi connectivity index (χ4n) is 1.48. The molecule has 3 rings (SSSR count). The quantitative estimate of drug-likeness (QED) is 0.788. The van der Waals surface area contributed by atoms with Crippen molar-refractivity contribution in [3.63, 3.8) is 0 Å². The summed E-state index contributed by atoms with van der Waals surface area (Å²) in [7, 11) is 0. The second-order valence-electron chi connectivity index (χ2n) is 3.39. The first-order chi connectivity index (χ1) is 8.33. The molecule has 0 aliphatic rings. The van der Waals surface area contributed by atoms with Gasteiger partial charge < -0.3 is 5.32 Å². The van der Waals surface area contributed by atoms with Gasteiger partial charge in [-0.3, -0.25) is 0 Å². The normalized spacial score (nSPS) is 10.9. The van der Waals surface area contributed by atoms with Gasteiger partial charge in [0.15, 0.2) is 5.13 Å². The molecule has 0 fully saturated rings. The lowest BCUT2D eigenvalue weighted by Crippen LogP contribution is -1.97. The number of anilines is 1. The Hall–Kier alpha value is -1.17. The lowest BCUT2D eigenvalue weighted by atomic mass is 10.3. The molecule has 0 saturated heterocycles. The summed E-state index contributed by atoms with van der Waals surface area (Å²) in [4.78, 5) is 8.68. The van der Waals surface area contributed by atoms with Crippen LogP contribution in [0.5, 0.6) is 0 Å². The van der Waals surface area contributed by atoms with Gasteiger partial charge >= 0.3 is 0 Å². The van der Waals surface area contributed by atoms with Crippen LogP contribution in [0.15, 0.2) is 29.8 Å². The molecule has 17 heavy (non-hydrogen) atoms. The first kappa shape index (κ1) is 11.0. The van der Waals surface area contributed by atoms with E-state index in [0.717, 1.165) is 25.4 Å². The Morgan fingerprint density at radius 1 is 1.35 bits per heavy atom. The molecule has 3 aromatic rings. The smallest absolute Gasteiger partial charge is 0.184 e. The maximum atomic E-state index is 6.10. The lowest BCUT2D eigenvalue weighted by molar-refractivity contribution is 1.10. The number of aromatic nitrogens is 2. The molecule has 0 amide bonds. The van der Waals surface area contributed by atoms with Crippen LogP contribution in [-0.4, -0.2) is 9.97 Å². The molecule has 0 unspecified atom stereocenters. The number of halogens is 1. The van der Waals surface area contributed by atoms with Crippen molar-refractivity contribution < 1.29 is 0 Å². The van der Waals surface area contributed by atoms with E-state index in [9.17, 15) is 0 Å². The summed E-state index contributed by atoms with van der Waals surface area (Å²) in [6.07, 6.45) is 1.80. The van der Waals surface area contributed by atoms with Crippen molar-refractivity contribution in [2.75, 3.05) is 5.32 Å². The van der Waals surface area contributed by atoms with E-state index in [2.05, 4.69) is 15.3 Å². The summed E-state index contributed by atoms with van der Waals surface area (Å²) in [6.45, 7) is 0.703. The fourth-order valence-corrected chi connectivity index (χ4v) is 3.19. The topological polar surface area (TPSA) is 37.8 Å². The van der Waals surface area contributed by atoms with E-state index >= 15 is 0 Å². The highest BCUT2D eigenvalue weighted by atomic mass is 35.5. The molecule has 1 N–H and O–H groups in total. The molecule has 0 spiro atoms. The zero-order valence-electron chi connectivity index (χ0n) is 8.68. The van der Waals surface area contributed by atoms with Gasteiger partial charge in [-0.1, -0.05) is 29.0 Å². The largest absolute Gasteiger partial charge is 0.355 e. The Balaban J connectivity index is 1.84.